The van der Waals surface area contributed by atoms with Gasteiger partial charge in [0.2, 0.25) is 0 Å². The fourth-order valence-electron chi connectivity index (χ4n) is 2.45. The van der Waals surface area contributed by atoms with Crippen LogP contribution in [0.2, 0.25) is 0 Å². The highest BCUT2D eigenvalue weighted by atomic mass is 79.9. The van der Waals surface area contributed by atoms with Crippen LogP contribution < -0.4 is 0 Å². The van der Waals surface area contributed by atoms with Crippen molar-refractivity contribution >= 4 is 33.5 Å². The summed E-state index contributed by atoms with van der Waals surface area (Å²) < 4.78 is 0.117. The van der Waals surface area contributed by atoms with Gasteiger partial charge in [-0.1, -0.05) is 13.0 Å². The minimum Gasteiger partial charge on any atom is -0.481 e. The Hall–Kier alpha value is -1.96. The molecule has 112 valence electrons. The zero-order valence-electron chi connectivity index (χ0n) is 11.2. The van der Waals surface area contributed by atoms with Gasteiger partial charge in [0.1, 0.15) is 4.47 Å². The van der Waals surface area contributed by atoms with Crippen LogP contribution in [0.5, 0.6) is 0 Å². The standard InChI is InChI=1S/C13H13BrN2O5/c1-7-5-15(6-9(7)13(18)19)12(17)8-3-2-4-10(11(8)14)16(20)21/h2-4,7,9H,5-6H2,1H3,(H,18,19)/t7-,9-/m1/s1. The monoisotopic (exact) mass is 356 g/mol. The van der Waals surface area contributed by atoms with E-state index in [0.717, 1.165) is 0 Å². The molecule has 1 amide bonds. The van der Waals surface area contributed by atoms with Crippen molar-refractivity contribution in [2.75, 3.05) is 13.1 Å². The molecule has 1 aliphatic heterocycles. The van der Waals surface area contributed by atoms with Gasteiger partial charge in [-0.2, -0.15) is 0 Å². The number of carbonyl (C=O) groups is 2. The molecule has 0 aliphatic carbocycles. The van der Waals surface area contributed by atoms with Crippen LogP contribution in [0.4, 0.5) is 5.69 Å². The van der Waals surface area contributed by atoms with E-state index in [1.165, 1.54) is 23.1 Å². The number of aliphatic carboxylic acids is 1. The number of hydrogen-bond acceptors (Lipinski definition) is 4. The maximum Gasteiger partial charge on any atom is 0.308 e. The van der Waals surface area contributed by atoms with Gasteiger partial charge in [0.25, 0.3) is 11.6 Å². The molecule has 1 heterocycles. The molecule has 1 aromatic rings. The maximum atomic E-state index is 12.4. The maximum absolute atomic E-state index is 12.4. The van der Waals surface area contributed by atoms with Gasteiger partial charge in [-0.15, -0.1) is 0 Å². The van der Waals surface area contributed by atoms with Crippen LogP contribution in [0.25, 0.3) is 0 Å². The van der Waals surface area contributed by atoms with Crippen molar-refractivity contribution in [2.45, 2.75) is 6.92 Å². The summed E-state index contributed by atoms with van der Waals surface area (Å²) in [6.45, 7) is 2.21. The van der Waals surface area contributed by atoms with Gasteiger partial charge in [-0.3, -0.25) is 19.7 Å². The number of hydrogen-bond donors (Lipinski definition) is 1. The van der Waals surface area contributed by atoms with Crippen molar-refractivity contribution in [3.05, 3.63) is 38.3 Å². The zero-order valence-corrected chi connectivity index (χ0v) is 12.7. The molecule has 0 aromatic heterocycles. The van der Waals surface area contributed by atoms with Crippen molar-refractivity contribution in [1.29, 1.82) is 0 Å². The van der Waals surface area contributed by atoms with Crippen LogP contribution in [-0.2, 0) is 4.79 Å². The summed E-state index contributed by atoms with van der Waals surface area (Å²) in [7, 11) is 0. The van der Waals surface area contributed by atoms with E-state index in [2.05, 4.69) is 15.9 Å². The minimum atomic E-state index is -0.934. The third-order valence-corrected chi connectivity index (χ3v) is 4.46. The molecule has 1 aliphatic rings. The topological polar surface area (TPSA) is 101 Å². The fourth-order valence-corrected chi connectivity index (χ4v) is 3.03. The van der Waals surface area contributed by atoms with Crippen molar-refractivity contribution in [3.63, 3.8) is 0 Å². The molecule has 1 fully saturated rings. The molecule has 1 N–H and O–H groups in total. The van der Waals surface area contributed by atoms with E-state index >= 15 is 0 Å². The second kappa shape index (κ2) is 5.80. The molecule has 0 saturated carbocycles. The number of carboxylic acid groups (broad SMARTS) is 1. The molecule has 0 bridgehead atoms. The molecule has 0 radical (unpaired) electrons. The van der Waals surface area contributed by atoms with E-state index < -0.39 is 22.7 Å². The lowest BCUT2D eigenvalue weighted by Gasteiger charge is -2.16. The van der Waals surface area contributed by atoms with Crippen LogP contribution in [0.15, 0.2) is 22.7 Å². The van der Waals surface area contributed by atoms with Gasteiger partial charge in [-0.25, -0.2) is 0 Å². The Kier molecular flexibility index (Phi) is 4.26. The third-order valence-electron chi connectivity index (χ3n) is 3.62. The average Bonchev–Trinajstić information content (AvgIpc) is 2.80. The smallest absolute Gasteiger partial charge is 0.308 e. The van der Waals surface area contributed by atoms with Gasteiger partial charge in [0.15, 0.2) is 0 Å². The molecule has 0 spiro atoms. The van der Waals surface area contributed by atoms with Gasteiger partial charge in [0.05, 0.1) is 16.4 Å². The molecule has 21 heavy (non-hydrogen) atoms. The largest absolute Gasteiger partial charge is 0.481 e. The summed E-state index contributed by atoms with van der Waals surface area (Å²) in [4.78, 5) is 35.3. The van der Waals surface area contributed by atoms with E-state index in [0.29, 0.717) is 6.54 Å². The summed E-state index contributed by atoms with van der Waals surface area (Å²) in [5, 5.41) is 20.0. The first-order valence-electron chi connectivity index (χ1n) is 6.28. The molecular weight excluding hydrogens is 344 g/mol. The molecule has 8 heteroatoms. The number of nitrogens with zero attached hydrogens (tertiary/aromatic N) is 2. The lowest BCUT2D eigenvalue weighted by molar-refractivity contribution is -0.385. The highest BCUT2D eigenvalue weighted by Crippen LogP contribution is 2.31. The summed E-state index contributed by atoms with van der Waals surface area (Å²) in [5.41, 5.74) is -0.0229. The Morgan fingerprint density at radius 3 is 2.62 bits per heavy atom. The normalized spacial score (nSPS) is 21.3. The summed E-state index contributed by atoms with van der Waals surface area (Å²) >= 11 is 3.08. The van der Waals surface area contributed by atoms with Gasteiger partial charge in [-0.05, 0) is 27.9 Å². The molecular formula is C13H13BrN2O5. The first-order chi connectivity index (χ1) is 9.82. The quantitative estimate of drug-likeness (QED) is 0.660. The molecule has 2 atom stereocenters. The Balaban J connectivity index is 2.28. The fraction of sp³-hybridized carbons (Fsp3) is 0.385. The van der Waals surface area contributed by atoms with Crippen LogP contribution in [0.3, 0.4) is 0 Å². The average molecular weight is 357 g/mol. The van der Waals surface area contributed by atoms with Crippen molar-refractivity contribution in [1.82, 2.24) is 4.90 Å². The van der Waals surface area contributed by atoms with Crippen LogP contribution in [0, 0.1) is 22.0 Å². The minimum absolute atomic E-state index is 0.116. The van der Waals surface area contributed by atoms with E-state index in [1.54, 1.807) is 6.92 Å². The molecule has 1 saturated heterocycles. The predicted octanol–water partition coefficient (Wildman–Crippen LogP) is 2.15. The van der Waals surface area contributed by atoms with Crippen molar-refractivity contribution in [2.24, 2.45) is 11.8 Å². The van der Waals surface area contributed by atoms with E-state index in [1.807, 2.05) is 0 Å². The predicted molar refractivity (Wildman–Crippen MR) is 77.0 cm³/mol. The Bertz CT molecular complexity index is 619. The molecule has 7 nitrogen and oxygen atoms in total. The summed E-state index contributed by atoms with van der Waals surface area (Å²) in [5.74, 6) is -2.09. The van der Waals surface area contributed by atoms with Crippen molar-refractivity contribution < 1.29 is 19.6 Å². The second-order valence-electron chi connectivity index (χ2n) is 5.03. The lowest BCUT2D eigenvalue weighted by atomic mass is 9.99. The number of carbonyl (C=O) groups excluding carboxylic acids is 1. The van der Waals surface area contributed by atoms with Crippen molar-refractivity contribution in [3.8, 4) is 0 Å². The SMILES string of the molecule is C[C@@H]1CN(C(=O)c2cccc([N+](=O)[O-])c2Br)C[C@H]1C(=O)O. The zero-order chi connectivity index (χ0) is 15.7. The Labute approximate surface area is 128 Å². The number of likely N-dealkylation sites (tertiary alicyclic amines) is 1. The summed E-state index contributed by atoms with van der Waals surface area (Å²) in [6, 6.07) is 4.22. The number of nitro benzene ring substituents is 1. The first kappa shape index (κ1) is 15.4. The highest BCUT2D eigenvalue weighted by molar-refractivity contribution is 9.10. The van der Waals surface area contributed by atoms with Crippen LogP contribution in [-0.4, -0.2) is 39.9 Å². The summed E-state index contributed by atoms with van der Waals surface area (Å²) in [6.07, 6.45) is 0. The Morgan fingerprint density at radius 2 is 2.10 bits per heavy atom. The third kappa shape index (κ3) is 2.90. The Morgan fingerprint density at radius 1 is 1.43 bits per heavy atom. The number of benzene rings is 1. The highest BCUT2D eigenvalue weighted by Gasteiger charge is 2.38. The first-order valence-corrected chi connectivity index (χ1v) is 7.07. The lowest BCUT2D eigenvalue weighted by Crippen LogP contribution is -2.30. The number of nitro groups is 1. The number of halogens is 1. The van der Waals surface area contributed by atoms with E-state index in [9.17, 15) is 19.7 Å². The molecule has 0 unspecified atom stereocenters. The van der Waals surface area contributed by atoms with Crippen LogP contribution >= 0.6 is 15.9 Å². The van der Waals surface area contributed by atoms with Crippen LogP contribution in [0.1, 0.15) is 17.3 Å². The molecule has 2 rings (SSSR count). The molecule has 1 aromatic carbocycles. The number of carboxylic acids is 1. The van der Waals surface area contributed by atoms with E-state index in [4.69, 9.17) is 5.11 Å². The second-order valence-corrected chi connectivity index (χ2v) is 5.82. The van der Waals surface area contributed by atoms with E-state index in [-0.39, 0.29) is 28.2 Å². The van der Waals surface area contributed by atoms with Gasteiger partial charge in [0, 0.05) is 19.2 Å². The van der Waals surface area contributed by atoms with Gasteiger partial charge >= 0.3 is 5.97 Å². The van der Waals surface area contributed by atoms with Gasteiger partial charge < -0.3 is 10.0 Å². The number of amides is 1. The number of rotatable bonds is 3.